The predicted molar refractivity (Wildman–Crippen MR) is 268 cm³/mol. The number of nitrogens with zero attached hydrogens (tertiary/aromatic N) is 2. The third-order valence-corrected chi connectivity index (χ3v) is 18.4. The van der Waals surface area contributed by atoms with Gasteiger partial charge in [0.1, 0.15) is 0 Å². The molecule has 0 fully saturated rings. The predicted octanol–water partition coefficient (Wildman–Crippen LogP) is 12.8. The molecule has 312 valence electrons. The van der Waals surface area contributed by atoms with E-state index in [1.165, 1.54) is 87.4 Å². The van der Waals surface area contributed by atoms with Crippen LogP contribution in [0.3, 0.4) is 0 Å². The second-order valence-corrected chi connectivity index (χ2v) is 29.2. The molecule has 6 aliphatic rings. The van der Waals surface area contributed by atoms with Crippen LogP contribution in [0.5, 0.6) is 5.75 Å². The number of furan rings is 1. The van der Waals surface area contributed by atoms with Gasteiger partial charge in [0.15, 0.2) is 0 Å². The average Bonchev–Trinajstić information content (AvgIpc) is 3.78. The van der Waals surface area contributed by atoms with Crippen molar-refractivity contribution in [3.05, 3.63) is 143 Å². The molecule has 0 spiro atoms. The standard InChI is InChI=1S/C55H56BN2O2SSi/c1-31-27-40-52-55(8,30-31)58(35-25-21-33(22-26-35)54(5,6)7)48-45-37-15-12-13-17-41(37)59-42(45)29-43-47(48)56(52)46-39(57(40)34-23-19-32(20-24-34)53(2,3)4)28-38-36-16-14-18-44(62(9,10)11)49(36)60-50(38)51(46)61-43/h12-30,37,41,52,62H,1-11H3/q-1. The van der Waals surface area contributed by atoms with Gasteiger partial charge in [0.25, 0.3) is 0 Å². The van der Waals surface area contributed by atoms with Gasteiger partial charge >= 0.3 is 298 Å². The van der Waals surface area contributed by atoms with Gasteiger partial charge in [-0.2, -0.15) is 0 Å². The van der Waals surface area contributed by atoms with Crippen LogP contribution in [0.25, 0.3) is 21.9 Å². The van der Waals surface area contributed by atoms with E-state index in [4.69, 9.17) is 9.15 Å². The molecule has 12 rings (SSSR count). The van der Waals surface area contributed by atoms with E-state index in [2.05, 4.69) is 200 Å². The summed E-state index contributed by atoms with van der Waals surface area (Å²) in [4.78, 5) is 7.91. The SMILES string of the molecule is CC1=CC2(C)C3B4c5c(cc6c(c5N2c2ccc(C(C)(C)C)cc2)C2C=CC=CC2O6)Sc2c4c(cc4c2oc2c([SiH-](C)(C)C)cccc24)N(c2ccc(C(C)(C)C)cc2)C3=C1. The summed E-state index contributed by atoms with van der Waals surface area (Å²) in [7, 11) is -2.08. The van der Waals surface area contributed by atoms with E-state index in [1.807, 2.05) is 11.8 Å². The van der Waals surface area contributed by atoms with Crippen LogP contribution >= 0.6 is 11.8 Å². The fourth-order valence-electron chi connectivity index (χ4n) is 12.0. The Morgan fingerprint density at radius 1 is 0.774 bits per heavy atom. The van der Waals surface area contributed by atoms with Crippen LogP contribution in [0.4, 0.5) is 22.7 Å². The van der Waals surface area contributed by atoms with Crippen LogP contribution in [0.1, 0.15) is 78.0 Å². The Balaban J connectivity index is 1.22. The number of rotatable bonds is 3. The zero-order chi connectivity index (χ0) is 43.0. The maximum absolute atomic E-state index is 7.32. The van der Waals surface area contributed by atoms with Gasteiger partial charge in [-0.15, -0.1) is 0 Å². The molecule has 6 aromatic rings. The van der Waals surface area contributed by atoms with E-state index in [0.717, 1.165) is 16.9 Å². The van der Waals surface area contributed by atoms with Crippen molar-refractivity contribution in [2.75, 3.05) is 9.80 Å². The Morgan fingerprint density at radius 3 is 2.13 bits per heavy atom. The molecular formula is C55H56BN2O2SSi-. The summed E-state index contributed by atoms with van der Waals surface area (Å²) in [6, 6.07) is 30.7. The molecule has 0 saturated heterocycles. The van der Waals surface area contributed by atoms with Gasteiger partial charge in [-0.1, -0.05) is 65.8 Å². The van der Waals surface area contributed by atoms with Gasteiger partial charge in [0.05, 0.1) is 0 Å². The molecular weight excluding hydrogens is 792 g/mol. The van der Waals surface area contributed by atoms with E-state index in [0.29, 0.717) is 0 Å². The summed E-state index contributed by atoms with van der Waals surface area (Å²) < 4.78 is 14.3. The summed E-state index contributed by atoms with van der Waals surface area (Å²) in [5.41, 5.74) is 16.2. The molecule has 4 nitrogen and oxygen atoms in total. The van der Waals surface area contributed by atoms with E-state index in [9.17, 15) is 0 Å². The van der Waals surface area contributed by atoms with E-state index >= 15 is 0 Å². The number of anilines is 4. The summed E-state index contributed by atoms with van der Waals surface area (Å²) in [6.07, 6.45) is 14.0. The van der Waals surface area contributed by atoms with Crippen LogP contribution in [-0.2, 0) is 10.8 Å². The number of para-hydroxylation sites is 1. The Labute approximate surface area is 372 Å². The Kier molecular flexibility index (Phi) is 7.80. The molecule has 2 aliphatic carbocycles. The molecule has 4 atom stereocenters. The zero-order valence-electron chi connectivity index (χ0n) is 38.0. The Bertz CT molecular complexity index is 3080. The first-order valence-corrected chi connectivity index (χ1v) is 27.7. The van der Waals surface area contributed by atoms with Gasteiger partial charge in [-0.05, 0) is 11.0 Å². The molecule has 0 N–H and O–H groups in total. The molecule has 5 aromatic carbocycles. The first-order chi connectivity index (χ1) is 29.4. The van der Waals surface area contributed by atoms with E-state index in [-0.39, 0.29) is 35.4 Å². The van der Waals surface area contributed by atoms with Crippen molar-refractivity contribution in [2.45, 2.75) is 119 Å². The fourth-order valence-corrected chi connectivity index (χ4v) is 15.0. The quantitative estimate of drug-likeness (QED) is 0.166. The van der Waals surface area contributed by atoms with Gasteiger partial charge in [-0.3, -0.25) is 0 Å². The molecule has 0 radical (unpaired) electrons. The fraction of sp³-hybridized carbons (Fsp3) is 0.309. The van der Waals surface area contributed by atoms with Crippen molar-refractivity contribution in [3.63, 3.8) is 0 Å². The number of ether oxygens (including phenoxy) is 1. The number of benzene rings is 5. The first kappa shape index (κ1) is 38.6. The molecule has 4 aliphatic heterocycles. The van der Waals surface area contributed by atoms with Gasteiger partial charge < -0.3 is 0 Å². The first-order valence-electron chi connectivity index (χ1n) is 22.8. The third-order valence-electron chi connectivity index (χ3n) is 14.9. The summed E-state index contributed by atoms with van der Waals surface area (Å²) >= 11 is 1.91. The number of fused-ring (bicyclic) bond motifs is 8. The summed E-state index contributed by atoms with van der Waals surface area (Å²) in [5.74, 6) is 1.22. The minimum atomic E-state index is -2.08. The van der Waals surface area contributed by atoms with Crippen molar-refractivity contribution in [1.29, 1.82) is 0 Å². The summed E-state index contributed by atoms with van der Waals surface area (Å²) in [5, 5.41) is 3.82. The van der Waals surface area contributed by atoms with Gasteiger partial charge in [-0.25, -0.2) is 0 Å². The third kappa shape index (κ3) is 5.21. The van der Waals surface area contributed by atoms with Crippen molar-refractivity contribution in [3.8, 4) is 5.75 Å². The molecule has 0 bridgehead atoms. The van der Waals surface area contributed by atoms with Crippen molar-refractivity contribution >= 4 is 87.3 Å². The van der Waals surface area contributed by atoms with Gasteiger partial charge in [0, 0.05) is 0 Å². The molecule has 0 saturated carbocycles. The molecule has 5 heterocycles. The van der Waals surface area contributed by atoms with E-state index in [1.54, 1.807) is 0 Å². The molecule has 62 heavy (non-hydrogen) atoms. The Morgan fingerprint density at radius 2 is 1.45 bits per heavy atom. The maximum atomic E-state index is 7.32. The zero-order valence-corrected chi connectivity index (χ0v) is 39.9. The molecule has 7 heteroatoms. The van der Waals surface area contributed by atoms with Crippen molar-refractivity contribution < 1.29 is 9.15 Å². The van der Waals surface area contributed by atoms with Crippen LogP contribution in [-0.4, -0.2) is 26.4 Å². The second-order valence-electron chi connectivity index (χ2n) is 22.4. The summed E-state index contributed by atoms with van der Waals surface area (Å²) in [6.45, 7) is 26.1. The Hall–Kier alpha value is -5.11. The number of hydrogen-bond donors (Lipinski definition) is 0. The normalized spacial score (nSPS) is 23.3. The molecule has 0 amide bonds. The van der Waals surface area contributed by atoms with E-state index < -0.39 is 13.6 Å². The average molecular weight is 848 g/mol. The van der Waals surface area contributed by atoms with Crippen molar-refractivity contribution in [2.24, 2.45) is 0 Å². The van der Waals surface area contributed by atoms with Crippen molar-refractivity contribution in [1.82, 2.24) is 0 Å². The second kappa shape index (κ2) is 12.5. The minimum absolute atomic E-state index is 0.0337. The number of hydrogen-bond acceptors (Lipinski definition) is 5. The van der Waals surface area contributed by atoms with Crippen LogP contribution in [0.2, 0.25) is 25.5 Å². The monoisotopic (exact) mass is 847 g/mol. The van der Waals surface area contributed by atoms with Gasteiger partial charge in [0.2, 0.25) is 0 Å². The number of allylic oxidation sites excluding steroid dienone is 4. The molecule has 4 unspecified atom stereocenters. The van der Waals surface area contributed by atoms with Crippen LogP contribution < -0.4 is 30.6 Å². The topological polar surface area (TPSA) is 28.9 Å². The van der Waals surface area contributed by atoms with Crippen LogP contribution in [0, 0.1) is 0 Å². The molecule has 1 aromatic heterocycles. The van der Waals surface area contributed by atoms with Crippen LogP contribution in [0.15, 0.2) is 141 Å².